The Kier molecular flexibility index (Phi) is 6.15. The molecule has 172 valence electrons. The SMILES string of the molecule is C[Si](C)(C)CCOCn1ccc2c(-c3cnn(C4CC(N5CCNCC5)C4)c3)ncnc21. The molecule has 0 bridgehead atoms. The lowest BCUT2D eigenvalue weighted by Gasteiger charge is -2.44. The summed E-state index contributed by atoms with van der Waals surface area (Å²) in [5, 5.41) is 9.18. The minimum absolute atomic E-state index is 0.491. The zero-order valence-electron chi connectivity index (χ0n) is 19.5. The van der Waals surface area contributed by atoms with E-state index >= 15 is 0 Å². The quantitative estimate of drug-likeness (QED) is 0.417. The van der Waals surface area contributed by atoms with Crippen molar-refractivity contribution in [1.29, 1.82) is 0 Å². The largest absolute Gasteiger partial charge is 0.361 e. The van der Waals surface area contributed by atoms with E-state index in [1.165, 1.54) is 32.0 Å². The third-order valence-electron chi connectivity index (χ3n) is 6.79. The molecule has 2 fully saturated rings. The van der Waals surface area contributed by atoms with Gasteiger partial charge in [-0.1, -0.05) is 19.6 Å². The molecule has 0 atom stereocenters. The lowest BCUT2D eigenvalue weighted by Crippen LogP contribution is -2.53. The molecule has 5 rings (SSSR count). The van der Waals surface area contributed by atoms with Crippen molar-refractivity contribution in [2.45, 2.75) is 57.3 Å². The number of rotatable bonds is 8. The Hall–Kier alpha value is -2.07. The van der Waals surface area contributed by atoms with Crippen molar-refractivity contribution in [3.63, 3.8) is 0 Å². The first-order chi connectivity index (χ1) is 15.5. The van der Waals surface area contributed by atoms with Crippen LogP contribution in [-0.4, -0.2) is 76.1 Å². The summed E-state index contributed by atoms with van der Waals surface area (Å²) in [6.45, 7) is 13.0. The van der Waals surface area contributed by atoms with Crippen molar-refractivity contribution in [2.75, 3.05) is 32.8 Å². The molecule has 9 heteroatoms. The highest BCUT2D eigenvalue weighted by Crippen LogP contribution is 2.36. The van der Waals surface area contributed by atoms with E-state index in [1.807, 2.05) is 12.4 Å². The van der Waals surface area contributed by atoms with Gasteiger partial charge in [-0.3, -0.25) is 9.58 Å². The van der Waals surface area contributed by atoms with Gasteiger partial charge in [0.05, 0.1) is 17.9 Å². The second-order valence-corrected chi connectivity index (χ2v) is 16.0. The number of hydrogen-bond donors (Lipinski definition) is 1. The van der Waals surface area contributed by atoms with Crippen molar-refractivity contribution in [1.82, 2.24) is 34.5 Å². The van der Waals surface area contributed by atoms with Crippen LogP contribution in [0.2, 0.25) is 25.7 Å². The molecule has 0 spiro atoms. The molecule has 1 saturated carbocycles. The number of fused-ring (bicyclic) bond motifs is 1. The molecule has 0 amide bonds. The van der Waals surface area contributed by atoms with Gasteiger partial charge in [-0.25, -0.2) is 9.97 Å². The number of hydrogen-bond acceptors (Lipinski definition) is 6. The summed E-state index contributed by atoms with van der Waals surface area (Å²) in [6, 6.07) is 4.46. The average Bonchev–Trinajstić information content (AvgIpc) is 3.38. The van der Waals surface area contributed by atoms with E-state index in [2.05, 4.69) is 66.4 Å². The second-order valence-electron chi connectivity index (χ2n) is 10.4. The first kappa shape index (κ1) is 21.8. The van der Waals surface area contributed by atoms with Crippen molar-refractivity contribution < 1.29 is 4.74 Å². The van der Waals surface area contributed by atoms with Crippen LogP contribution in [0.4, 0.5) is 0 Å². The highest BCUT2D eigenvalue weighted by molar-refractivity contribution is 6.76. The number of nitrogens with one attached hydrogen (secondary N) is 1. The van der Waals surface area contributed by atoms with E-state index in [0.717, 1.165) is 42.0 Å². The lowest BCUT2D eigenvalue weighted by atomic mass is 9.85. The van der Waals surface area contributed by atoms with Gasteiger partial charge in [0.1, 0.15) is 18.7 Å². The molecule has 1 aliphatic heterocycles. The molecular weight excluding hydrogens is 418 g/mol. The van der Waals surface area contributed by atoms with Gasteiger partial charge >= 0.3 is 0 Å². The predicted molar refractivity (Wildman–Crippen MR) is 129 cm³/mol. The molecular formula is C23H35N7OSi. The number of piperazine rings is 1. The smallest absolute Gasteiger partial charge is 0.145 e. The Morgan fingerprint density at radius 2 is 1.94 bits per heavy atom. The van der Waals surface area contributed by atoms with Gasteiger partial charge in [0.15, 0.2) is 0 Å². The molecule has 0 unspecified atom stereocenters. The fourth-order valence-corrected chi connectivity index (χ4v) is 5.42. The molecule has 8 nitrogen and oxygen atoms in total. The van der Waals surface area contributed by atoms with Crippen LogP contribution in [-0.2, 0) is 11.5 Å². The Morgan fingerprint density at radius 1 is 1.12 bits per heavy atom. The minimum atomic E-state index is -1.08. The molecule has 2 aliphatic rings. The van der Waals surface area contributed by atoms with Gasteiger partial charge in [0.25, 0.3) is 0 Å². The van der Waals surface area contributed by atoms with Crippen LogP contribution >= 0.6 is 0 Å². The standard InChI is InChI=1S/C23H35N7OSi/c1-32(2,3)11-10-31-17-29-7-4-21-22(25-16-26-23(21)29)18-14-27-30(15-18)20-12-19(13-20)28-8-5-24-6-9-28/h4,7,14-16,19-20,24H,5-6,8-13,17H2,1-3H3. The Bertz CT molecular complexity index is 1040. The molecule has 1 N–H and O–H groups in total. The van der Waals surface area contributed by atoms with E-state index in [-0.39, 0.29) is 0 Å². The van der Waals surface area contributed by atoms with Crippen molar-refractivity contribution >= 4 is 19.1 Å². The first-order valence-electron chi connectivity index (χ1n) is 11.8. The van der Waals surface area contributed by atoms with E-state index in [4.69, 9.17) is 4.74 Å². The van der Waals surface area contributed by atoms with Crippen molar-refractivity contribution in [2.24, 2.45) is 0 Å². The zero-order chi connectivity index (χ0) is 22.1. The molecule has 1 aliphatic carbocycles. The predicted octanol–water partition coefficient (Wildman–Crippen LogP) is 3.22. The fraction of sp³-hybridized carbons (Fsp3) is 0.609. The summed E-state index contributed by atoms with van der Waals surface area (Å²) in [6.07, 6.45) is 10.2. The van der Waals surface area contributed by atoms with Crippen molar-refractivity contribution in [3.05, 3.63) is 31.0 Å². The molecule has 3 aromatic rings. The van der Waals surface area contributed by atoms with Crippen LogP contribution in [0.1, 0.15) is 18.9 Å². The summed E-state index contributed by atoms with van der Waals surface area (Å²) in [4.78, 5) is 11.7. The summed E-state index contributed by atoms with van der Waals surface area (Å²) in [5.41, 5.74) is 2.92. The Morgan fingerprint density at radius 3 is 2.72 bits per heavy atom. The van der Waals surface area contributed by atoms with Crippen LogP contribution in [0, 0.1) is 0 Å². The number of aromatic nitrogens is 5. The highest BCUT2D eigenvalue weighted by Gasteiger charge is 2.35. The van der Waals surface area contributed by atoms with Crippen LogP contribution < -0.4 is 5.32 Å². The monoisotopic (exact) mass is 453 g/mol. The van der Waals surface area contributed by atoms with E-state index in [9.17, 15) is 0 Å². The zero-order valence-corrected chi connectivity index (χ0v) is 20.5. The summed E-state index contributed by atoms with van der Waals surface area (Å²) in [5.74, 6) is 0. The van der Waals surface area contributed by atoms with Crippen molar-refractivity contribution in [3.8, 4) is 11.3 Å². The Balaban J connectivity index is 1.25. The molecule has 3 aromatic heterocycles. The fourth-order valence-electron chi connectivity index (χ4n) is 4.66. The van der Waals surface area contributed by atoms with Gasteiger partial charge in [0.2, 0.25) is 0 Å². The summed E-state index contributed by atoms with van der Waals surface area (Å²) < 4.78 is 10.1. The maximum Gasteiger partial charge on any atom is 0.145 e. The lowest BCUT2D eigenvalue weighted by molar-refractivity contribution is 0.0674. The van der Waals surface area contributed by atoms with Crippen LogP contribution in [0.25, 0.3) is 22.3 Å². The molecule has 4 heterocycles. The molecule has 0 radical (unpaired) electrons. The molecule has 0 aromatic carbocycles. The maximum absolute atomic E-state index is 5.94. The van der Waals surface area contributed by atoms with E-state index in [0.29, 0.717) is 18.8 Å². The summed E-state index contributed by atoms with van der Waals surface area (Å²) >= 11 is 0. The highest BCUT2D eigenvalue weighted by atomic mass is 28.3. The third-order valence-corrected chi connectivity index (χ3v) is 8.49. The summed E-state index contributed by atoms with van der Waals surface area (Å²) in [7, 11) is -1.08. The minimum Gasteiger partial charge on any atom is -0.361 e. The van der Waals surface area contributed by atoms with Gasteiger partial charge < -0.3 is 14.6 Å². The van der Waals surface area contributed by atoms with Gasteiger partial charge in [-0.2, -0.15) is 5.10 Å². The molecule has 32 heavy (non-hydrogen) atoms. The second kappa shape index (κ2) is 9.05. The van der Waals surface area contributed by atoms with Gasteiger partial charge in [-0.15, -0.1) is 0 Å². The third kappa shape index (κ3) is 4.66. The van der Waals surface area contributed by atoms with Gasteiger partial charge in [-0.05, 0) is 25.0 Å². The average molecular weight is 454 g/mol. The van der Waals surface area contributed by atoms with Crippen LogP contribution in [0.15, 0.2) is 31.0 Å². The topological polar surface area (TPSA) is 73.0 Å². The van der Waals surface area contributed by atoms with E-state index < -0.39 is 8.07 Å². The normalized spacial score (nSPS) is 22.3. The van der Waals surface area contributed by atoms with E-state index in [1.54, 1.807) is 6.33 Å². The first-order valence-corrected chi connectivity index (χ1v) is 15.6. The van der Waals surface area contributed by atoms with Crippen LogP contribution in [0.3, 0.4) is 0 Å². The van der Waals surface area contributed by atoms with Crippen LogP contribution in [0.5, 0.6) is 0 Å². The Labute approximate surface area is 191 Å². The maximum atomic E-state index is 5.94. The van der Waals surface area contributed by atoms with Gasteiger partial charge in [0, 0.05) is 70.2 Å². The molecule has 1 saturated heterocycles. The number of ether oxygens (including phenoxy) is 1. The number of nitrogens with zero attached hydrogens (tertiary/aromatic N) is 6.